The zero-order valence-corrected chi connectivity index (χ0v) is 8.55. The zero-order chi connectivity index (χ0) is 10.5. The summed E-state index contributed by atoms with van der Waals surface area (Å²) in [4.78, 5) is 9.94. The second-order valence-corrected chi connectivity index (χ2v) is 2.33. The van der Waals surface area contributed by atoms with Crippen LogP contribution in [0, 0.1) is 0 Å². The molecule has 3 N–H and O–H groups in total. The summed E-state index contributed by atoms with van der Waals surface area (Å²) in [5, 5.41) is 2.35. The molecule has 13 heavy (non-hydrogen) atoms. The number of hydrogen-bond acceptors (Lipinski definition) is 2. The monoisotopic (exact) mass is 184 g/mol. The van der Waals surface area contributed by atoms with E-state index in [1.165, 1.54) is 12.8 Å². The maximum Gasteiger partial charge on any atom is 0.233 e. The summed E-state index contributed by atoms with van der Waals surface area (Å²) < 4.78 is 0. The molecular weight excluding hydrogens is 164 g/mol. The molecule has 0 aliphatic rings. The van der Waals surface area contributed by atoms with Gasteiger partial charge in [0.1, 0.15) is 0 Å². The normalized spacial score (nSPS) is 8.85. The number of nitrogens with two attached hydrogens (primary N) is 1. The number of unbranched alkanes of at least 4 members (excludes halogenated alkanes) is 1. The zero-order valence-electron chi connectivity index (χ0n) is 8.55. The number of likely N-dealkylation sites (N-methyl/N-ethyl adjacent to an activating group) is 1. The lowest BCUT2D eigenvalue weighted by molar-refractivity contribution is -0.119. The van der Waals surface area contributed by atoms with E-state index in [1.54, 1.807) is 13.1 Å². The van der Waals surface area contributed by atoms with Crippen LogP contribution in [0.1, 0.15) is 19.8 Å². The number of allylic oxidation sites excluding steroid dienone is 3. The van der Waals surface area contributed by atoms with Crippen LogP contribution in [-0.4, -0.2) is 19.5 Å². The maximum atomic E-state index is 9.94. The molecule has 0 heterocycles. The molecule has 0 aromatic heterocycles. The quantitative estimate of drug-likeness (QED) is 0.645. The Labute approximate surface area is 80.7 Å². The minimum Gasteiger partial charge on any atom is -0.358 e. The number of amides is 1. The Kier molecular flexibility index (Phi) is 15.0. The van der Waals surface area contributed by atoms with E-state index in [1.807, 2.05) is 6.08 Å². The molecule has 0 atom stereocenters. The van der Waals surface area contributed by atoms with Crippen LogP contribution in [0.25, 0.3) is 0 Å². The first-order valence-corrected chi connectivity index (χ1v) is 4.41. The van der Waals surface area contributed by atoms with Crippen LogP contribution in [0.3, 0.4) is 0 Å². The average Bonchev–Trinajstić information content (AvgIpc) is 2.18. The first-order chi connectivity index (χ1) is 6.22. The number of carbonyl (C=O) groups is 1. The summed E-state index contributed by atoms with van der Waals surface area (Å²) in [6, 6.07) is 0. The molecule has 0 aromatic rings. The lowest BCUT2D eigenvalue weighted by Gasteiger charge is -1.87. The van der Waals surface area contributed by atoms with E-state index in [4.69, 9.17) is 5.73 Å². The van der Waals surface area contributed by atoms with Crippen molar-refractivity contribution in [2.75, 3.05) is 13.6 Å². The van der Waals surface area contributed by atoms with Gasteiger partial charge in [0.15, 0.2) is 0 Å². The minimum absolute atomic E-state index is 0.0799. The Morgan fingerprint density at radius 1 is 1.62 bits per heavy atom. The van der Waals surface area contributed by atoms with Crippen LogP contribution in [-0.2, 0) is 4.79 Å². The number of carbonyl (C=O) groups excluding carboxylic acids is 1. The number of nitrogens with one attached hydrogen (secondary N) is 1. The molecule has 0 aliphatic heterocycles. The van der Waals surface area contributed by atoms with Crippen LogP contribution in [0.4, 0.5) is 0 Å². The maximum absolute atomic E-state index is 9.94. The Morgan fingerprint density at radius 2 is 2.23 bits per heavy atom. The van der Waals surface area contributed by atoms with Gasteiger partial charge < -0.3 is 11.1 Å². The molecule has 0 saturated heterocycles. The highest BCUT2D eigenvalue weighted by atomic mass is 16.1. The molecule has 0 unspecified atom stereocenters. The van der Waals surface area contributed by atoms with Crippen molar-refractivity contribution in [1.29, 1.82) is 0 Å². The van der Waals surface area contributed by atoms with Gasteiger partial charge in [-0.15, -0.1) is 0 Å². The van der Waals surface area contributed by atoms with Gasteiger partial charge in [0, 0.05) is 7.05 Å². The lowest BCUT2D eigenvalue weighted by atomic mass is 10.3. The molecule has 0 aromatic carbocycles. The minimum atomic E-state index is -0.130. The smallest absolute Gasteiger partial charge is 0.233 e. The first kappa shape index (κ1) is 14.4. The first-order valence-electron chi connectivity index (χ1n) is 4.41. The second-order valence-electron chi connectivity index (χ2n) is 2.33. The Bertz CT molecular complexity index is 147. The van der Waals surface area contributed by atoms with Gasteiger partial charge in [-0.1, -0.05) is 38.2 Å². The summed E-state index contributed by atoms with van der Waals surface area (Å²) >= 11 is 0. The van der Waals surface area contributed by atoms with Crippen LogP contribution in [0.15, 0.2) is 24.8 Å². The van der Waals surface area contributed by atoms with Crippen LogP contribution >= 0.6 is 0 Å². The van der Waals surface area contributed by atoms with Gasteiger partial charge >= 0.3 is 0 Å². The Hall–Kier alpha value is -1.09. The number of hydrogen-bond donors (Lipinski definition) is 2. The fraction of sp³-hybridized carbons (Fsp3) is 0.500. The largest absolute Gasteiger partial charge is 0.358 e. The van der Waals surface area contributed by atoms with Crippen LogP contribution in [0.2, 0.25) is 0 Å². The summed E-state index contributed by atoms with van der Waals surface area (Å²) in [7, 11) is 1.55. The van der Waals surface area contributed by atoms with E-state index in [0.717, 1.165) is 0 Å². The summed E-state index contributed by atoms with van der Waals surface area (Å²) in [6.07, 6.45) is 8.29. The lowest BCUT2D eigenvalue weighted by Crippen LogP contribution is -2.26. The average molecular weight is 184 g/mol. The third-order valence-corrected chi connectivity index (χ3v) is 1.19. The number of rotatable bonds is 4. The molecule has 0 bridgehead atoms. The third-order valence-electron chi connectivity index (χ3n) is 1.19. The van der Waals surface area contributed by atoms with Crippen molar-refractivity contribution in [3.8, 4) is 0 Å². The van der Waals surface area contributed by atoms with Crippen LogP contribution < -0.4 is 11.1 Å². The predicted octanol–water partition coefficient (Wildman–Crippen LogP) is 1.22. The van der Waals surface area contributed by atoms with E-state index in [9.17, 15) is 4.79 Å². The van der Waals surface area contributed by atoms with Gasteiger partial charge in [-0.05, 0) is 6.42 Å². The third kappa shape index (κ3) is 18.1. The predicted molar refractivity (Wildman–Crippen MR) is 57.4 cm³/mol. The fourth-order valence-corrected chi connectivity index (χ4v) is 0.461. The summed E-state index contributed by atoms with van der Waals surface area (Å²) in [5.74, 6) is -0.130. The molecular formula is C10H20N2O. The van der Waals surface area contributed by atoms with E-state index in [-0.39, 0.29) is 12.5 Å². The van der Waals surface area contributed by atoms with Crippen molar-refractivity contribution in [2.24, 2.45) is 5.73 Å². The van der Waals surface area contributed by atoms with Crippen molar-refractivity contribution >= 4 is 5.91 Å². The van der Waals surface area contributed by atoms with Crippen molar-refractivity contribution in [2.45, 2.75) is 19.8 Å². The van der Waals surface area contributed by atoms with Crippen molar-refractivity contribution in [1.82, 2.24) is 5.32 Å². The molecule has 0 radical (unpaired) electrons. The highest BCUT2D eigenvalue weighted by molar-refractivity contribution is 5.77. The van der Waals surface area contributed by atoms with Crippen LogP contribution in [0.5, 0.6) is 0 Å². The molecule has 0 aliphatic carbocycles. The van der Waals surface area contributed by atoms with Gasteiger partial charge in [-0.25, -0.2) is 0 Å². The van der Waals surface area contributed by atoms with Crippen molar-refractivity contribution in [3.63, 3.8) is 0 Å². The van der Waals surface area contributed by atoms with E-state index in [2.05, 4.69) is 24.9 Å². The highest BCUT2D eigenvalue weighted by Gasteiger charge is 1.84. The van der Waals surface area contributed by atoms with E-state index in [0.29, 0.717) is 0 Å². The molecule has 3 heteroatoms. The molecule has 3 nitrogen and oxygen atoms in total. The molecule has 0 fully saturated rings. The van der Waals surface area contributed by atoms with Gasteiger partial charge in [-0.2, -0.15) is 0 Å². The highest BCUT2D eigenvalue weighted by Crippen LogP contribution is 1.86. The summed E-state index contributed by atoms with van der Waals surface area (Å²) in [6.45, 7) is 5.79. The van der Waals surface area contributed by atoms with Crippen molar-refractivity contribution in [3.05, 3.63) is 24.8 Å². The van der Waals surface area contributed by atoms with Gasteiger partial charge in [-0.3, -0.25) is 4.79 Å². The Balaban J connectivity index is 0. The molecule has 1 amide bonds. The van der Waals surface area contributed by atoms with Gasteiger partial charge in [0.05, 0.1) is 6.54 Å². The molecule has 0 rings (SSSR count). The fourth-order valence-electron chi connectivity index (χ4n) is 0.461. The molecule has 0 saturated carbocycles. The van der Waals surface area contributed by atoms with Crippen molar-refractivity contribution < 1.29 is 4.79 Å². The second kappa shape index (κ2) is 13.5. The Morgan fingerprint density at radius 3 is 2.46 bits per heavy atom. The SMILES string of the molecule is C=C/C=C/CCC.CNC(=O)CN. The van der Waals surface area contributed by atoms with E-state index < -0.39 is 0 Å². The molecule has 76 valence electrons. The van der Waals surface area contributed by atoms with E-state index >= 15 is 0 Å². The summed E-state index contributed by atoms with van der Waals surface area (Å²) in [5.41, 5.74) is 4.87. The van der Waals surface area contributed by atoms with Gasteiger partial charge in [0.2, 0.25) is 5.91 Å². The topological polar surface area (TPSA) is 55.1 Å². The molecule has 0 spiro atoms. The van der Waals surface area contributed by atoms with Gasteiger partial charge in [0.25, 0.3) is 0 Å². The standard InChI is InChI=1S/C7H12.C3H8N2O/c1-3-5-7-6-4-2;1-5-3(6)2-4/h3,5,7H,1,4,6H2,2H3;2,4H2,1H3,(H,5,6)/b7-5+;.